The lowest BCUT2D eigenvalue weighted by molar-refractivity contribution is -0.909. The van der Waals surface area contributed by atoms with E-state index in [-0.39, 0.29) is 0 Å². The van der Waals surface area contributed by atoms with Crippen LogP contribution in [0.3, 0.4) is 0 Å². The summed E-state index contributed by atoms with van der Waals surface area (Å²) in [5, 5.41) is 10.0. The van der Waals surface area contributed by atoms with Crippen molar-refractivity contribution in [3.63, 3.8) is 0 Å². The van der Waals surface area contributed by atoms with E-state index < -0.39 is 0 Å². The molecular formula is C10H15ClNO2+. The number of fused-ring (bicyclic) bond motifs is 1. The number of ether oxygens (including phenoxy) is 1. The summed E-state index contributed by atoms with van der Waals surface area (Å²) in [6, 6.07) is 0. The van der Waals surface area contributed by atoms with Gasteiger partial charge in [0.2, 0.25) is 11.9 Å². The third kappa shape index (κ3) is 1.77. The van der Waals surface area contributed by atoms with Crippen LogP contribution in [0.25, 0.3) is 0 Å². The van der Waals surface area contributed by atoms with E-state index in [0.29, 0.717) is 23.8 Å². The summed E-state index contributed by atoms with van der Waals surface area (Å²) in [5.41, 5.74) is 1.57. The van der Waals surface area contributed by atoms with Gasteiger partial charge in [-0.25, -0.2) is 0 Å². The predicted octanol–water partition coefficient (Wildman–Crippen LogP) is 2.13. The molecular weight excluding hydrogens is 202 g/mol. The van der Waals surface area contributed by atoms with E-state index in [1.807, 2.05) is 20.8 Å². The third-order valence-corrected chi connectivity index (χ3v) is 2.46. The van der Waals surface area contributed by atoms with Crippen LogP contribution >= 0.6 is 11.6 Å². The van der Waals surface area contributed by atoms with E-state index in [0.717, 1.165) is 16.0 Å². The molecule has 2 heterocycles. The fourth-order valence-electron chi connectivity index (χ4n) is 1.35. The summed E-state index contributed by atoms with van der Waals surface area (Å²) in [6.45, 7) is 6.43. The molecule has 0 bridgehead atoms. The van der Waals surface area contributed by atoms with Gasteiger partial charge in [0.1, 0.15) is 0 Å². The van der Waals surface area contributed by atoms with Gasteiger partial charge in [-0.3, -0.25) is 5.21 Å². The Balaban J connectivity index is 0.000000461. The van der Waals surface area contributed by atoms with Gasteiger partial charge in [-0.15, -0.1) is 0 Å². The van der Waals surface area contributed by atoms with Crippen LogP contribution in [-0.2, 0) is 6.42 Å². The molecule has 1 aromatic rings. The van der Waals surface area contributed by atoms with Crippen molar-refractivity contribution in [1.29, 1.82) is 0 Å². The molecule has 1 N–H and O–H groups in total. The molecule has 0 atom stereocenters. The first kappa shape index (κ1) is 11.1. The molecule has 0 aromatic carbocycles. The van der Waals surface area contributed by atoms with Gasteiger partial charge in [-0.1, -0.05) is 25.4 Å². The van der Waals surface area contributed by atoms with Crippen molar-refractivity contribution < 1.29 is 14.7 Å². The Morgan fingerprint density at radius 3 is 2.79 bits per heavy atom. The molecule has 1 aliphatic rings. The number of nitrogens with zero attached hydrogens (tertiary/aromatic N) is 1. The summed E-state index contributed by atoms with van der Waals surface area (Å²) in [4.78, 5) is 0. The summed E-state index contributed by atoms with van der Waals surface area (Å²) in [5.74, 6) is 0.624. The SMILES string of the molecule is CC.Cc1c[n+](O)c2c(c1Cl)OCC2. The maximum Gasteiger partial charge on any atom is 0.280 e. The molecule has 0 saturated heterocycles. The molecule has 14 heavy (non-hydrogen) atoms. The number of rotatable bonds is 0. The minimum absolute atomic E-state index is 0.596. The van der Waals surface area contributed by atoms with Gasteiger partial charge in [0.05, 0.1) is 18.1 Å². The van der Waals surface area contributed by atoms with Crippen molar-refractivity contribution in [1.82, 2.24) is 0 Å². The largest absolute Gasteiger partial charge is 0.485 e. The zero-order valence-corrected chi connectivity index (χ0v) is 9.43. The fourth-order valence-corrected chi connectivity index (χ4v) is 1.56. The van der Waals surface area contributed by atoms with Crippen LogP contribution in [-0.4, -0.2) is 11.8 Å². The zero-order chi connectivity index (χ0) is 10.7. The highest BCUT2D eigenvalue weighted by molar-refractivity contribution is 6.32. The molecule has 0 fully saturated rings. The van der Waals surface area contributed by atoms with Gasteiger partial charge in [0.15, 0.2) is 0 Å². The van der Waals surface area contributed by atoms with E-state index in [9.17, 15) is 5.21 Å². The molecule has 0 radical (unpaired) electrons. The Morgan fingerprint density at radius 1 is 1.50 bits per heavy atom. The second-order valence-corrected chi connectivity index (χ2v) is 3.22. The van der Waals surface area contributed by atoms with Crippen molar-refractivity contribution in [2.24, 2.45) is 0 Å². The number of aryl methyl sites for hydroxylation is 1. The number of halogens is 1. The van der Waals surface area contributed by atoms with Crippen molar-refractivity contribution in [3.8, 4) is 5.75 Å². The predicted molar refractivity (Wildman–Crippen MR) is 54.1 cm³/mol. The summed E-state index contributed by atoms with van der Waals surface area (Å²) < 4.78 is 6.36. The lowest BCUT2D eigenvalue weighted by atomic mass is 10.2. The molecule has 4 heteroatoms. The number of aromatic nitrogens is 1. The Morgan fingerprint density at radius 2 is 2.14 bits per heavy atom. The van der Waals surface area contributed by atoms with Crippen LogP contribution in [0.15, 0.2) is 6.20 Å². The van der Waals surface area contributed by atoms with Gasteiger partial charge in [0, 0.05) is 10.3 Å². The Labute approximate surface area is 88.9 Å². The summed E-state index contributed by atoms with van der Waals surface area (Å²) >= 11 is 5.96. The molecule has 1 aromatic heterocycles. The van der Waals surface area contributed by atoms with Crippen LogP contribution < -0.4 is 9.47 Å². The van der Waals surface area contributed by atoms with Crippen LogP contribution in [0.2, 0.25) is 5.02 Å². The Kier molecular flexibility index (Phi) is 3.58. The summed E-state index contributed by atoms with van der Waals surface area (Å²) in [7, 11) is 0. The number of pyridine rings is 1. The first-order valence-corrected chi connectivity index (χ1v) is 5.13. The quantitative estimate of drug-likeness (QED) is 0.533. The first-order chi connectivity index (χ1) is 6.70. The Hall–Kier alpha value is -0.960. The van der Waals surface area contributed by atoms with Gasteiger partial charge in [0.25, 0.3) is 5.69 Å². The summed E-state index contributed by atoms with van der Waals surface area (Å²) in [6.07, 6.45) is 2.31. The van der Waals surface area contributed by atoms with E-state index >= 15 is 0 Å². The highest BCUT2D eigenvalue weighted by Crippen LogP contribution is 2.32. The second-order valence-electron chi connectivity index (χ2n) is 2.84. The fraction of sp³-hybridized carbons (Fsp3) is 0.500. The topological polar surface area (TPSA) is 33.3 Å². The highest BCUT2D eigenvalue weighted by Gasteiger charge is 2.28. The molecule has 0 aliphatic carbocycles. The second kappa shape index (κ2) is 4.51. The molecule has 0 unspecified atom stereocenters. The van der Waals surface area contributed by atoms with Crippen molar-refractivity contribution in [2.75, 3.05) is 6.61 Å². The number of hydrogen-bond donors (Lipinski definition) is 1. The maximum atomic E-state index is 9.41. The highest BCUT2D eigenvalue weighted by atomic mass is 35.5. The van der Waals surface area contributed by atoms with E-state index in [1.54, 1.807) is 6.20 Å². The first-order valence-electron chi connectivity index (χ1n) is 4.76. The van der Waals surface area contributed by atoms with E-state index in [4.69, 9.17) is 16.3 Å². The molecule has 2 rings (SSSR count). The van der Waals surface area contributed by atoms with Crippen molar-refractivity contribution in [3.05, 3.63) is 22.5 Å². The van der Waals surface area contributed by atoms with Crippen LogP contribution in [0, 0.1) is 6.92 Å². The van der Waals surface area contributed by atoms with Gasteiger partial charge in [-0.2, -0.15) is 0 Å². The van der Waals surface area contributed by atoms with E-state index in [2.05, 4.69) is 0 Å². The smallest absolute Gasteiger partial charge is 0.280 e. The number of hydrogen-bond acceptors (Lipinski definition) is 2. The molecule has 0 amide bonds. The Bertz CT molecular complexity index is 339. The van der Waals surface area contributed by atoms with Crippen LogP contribution in [0.4, 0.5) is 0 Å². The van der Waals surface area contributed by atoms with Gasteiger partial charge >= 0.3 is 0 Å². The maximum absolute atomic E-state index is 9.41. The molecule has 0 spiro atoms. The van der Waals surface area contributed by atoms with Gasteiger partial charge in [-0.05, 0) is 6.92 Å². The van der Waals surface area contributed by atoms with Crippen LogP contribution in [0.1, 0.15) is 25.1 Å². The third-order valence-electron chi connectivity index (χ3n) is 1.99. The monoisotopic (exact) mass is 216 g/mol. The molecule has 3 nitrogen and oxygen atoms in total. The zero-order valence-electron chi connectivity index (χ0n) is 8.67. The molecule has 1 aliphatic heterocycles. The lowest BCUT2D eigenvalue weighted by Gasteiger charge is -2.00. The minimum Gasteiger partial charge on any atom is -0.485 e. The lowest BCUT2D eigenvalue weighted by Crippen LogP contribution is -2.34. The average Bonchev–Trinajstić information content (AvgIpc) is 2.67. The van der Waals surface area contributed by atoms with E-state index in [1.165, 1.54) is 0 Å². The van der Waals surface area contributed by atoms with Gasteiger partial charge < -0.3 is 4.74 Å². The van der Waals surface area contributed by atoms with Crippen molar-refractivity contribution >= 4 is 11.6 Å². The van der Waals surface area contributed by atoms with Crippen molar-refractivity contribution in [2.45, 2.75) is 27.2 Å². The average molecular weight is 217 g/mol. The molecule has 78 valence electrons. The minimum atomic E-state index is 0.596. The normalized spacial score (nSPS) is 12.6. The standard InChI is InChI=1S/C8H9ClNO2.C2H6/c1-5-4-10(11)6-2-3-12-8(6)7(5)9;1-2/h4,11H,2-3H2,1H3;1-2H3/q+1;. The van der Waals surface area contributed by atoms with Crippen LogP contribution in [0.5, 0.6) is 5.75 Å². The molecule has 0 saturated carbocycles.